The van der Waals surface area contributed by atoms with Crippen LogP contribution in [-0.4, -0.2) is 47.5 Å². The lowest BCUT2D eigenvalue weighted by atomic mass is 10.1. The number of thiophene rings is 5. The molecular weight excluding hydrogens is 517 g/mol. The highest BCUT2D eigenvalue weighted by molar-refractivity contribution is 7.41. The van der Waals surface area contributed by atoms with E-state index in [9.17, 15) is 19.2 Å². The molecule has 0 aromatic carbocycles. The number of rotatable bonds is 2. The lowest BCUT2D eigenvalue weighted by molar-refractivity contribution is 0.0678. The van der Waals surface area contributed by atoms with Crippen molar-refractivity contribution in [2.75, 3.05) is 14.1 Å². The molecule has 0 unspecified atom stereocenters. The Bertz CT molecular complexity index is 1620. The molecule has 4 amide bonds. The van der Waals surface area contributed by atoms with Crippen molar-refractivity contribution in [1.29, 1.82) is 0 Å². The summed E-state index contributed by atoms with van der Waals surface area (Å²) in [6.07, 6.45) is 0. The molecule has 0 radical (unpaired) electrons. The molecule has 0 spiro atoms. The van der Waals surface area contributed by atoms with Crippen LogP contribution < -0.4 is 0 Å². The predicted octanol–water partition coefficient (Wildman–Crippen LogP) is 6.09. The van der Waals surface area contributed by atoms with Crippen molar-refractivity contribution in [1.82, 2.24) is 9.80 Å². The van der Waals surface area contributed by atoms with Crippen LogP contribution in [0.25, 0.3) is 38.3 Å². The quantitative estimate of drug-likeness (QED) is 0.261. The topological polar surface area (TPSA) is 74.8 Å². The van der Waals surface area contributed by atoms with Crippen molar-refractivity contribution in [3.63, 3.8) is 0 Å². The van der Waals surface area contributed by atoms with E-state index >= 15 is 0 Å². The van der Waals surface area contributed by atoms with E-state index in [-0.39, 0.29) is 23.6 Å². The average Bonchev–Trinajstić information content (AvgIpc) is 3.61. The number of carbonyl (C=O) groups excluding carboxylic acids is 4. The summed E-state index contributed by atoms with van der Waals surface area (Å²) in [4.78, 5) is 55.7. The van der Waals surface area contributed by atoms with E-state index in [0.717, 1.165) is 38.3 Å². The Morgan fingerprint density at radius 1 is 0.606 bits per heavy atom. The van der Waals surface area contributed by atoms with Gasteiger partial charge in [-0.2, -0.15) is 0 Å². The predicted molar refractivity (Wildman–Crippen MR) is 135 cm³/mol. The van der Waals surface area contributed by atoms with Gasteiger partial charge in [0.15, 0.2) is 0 Å². The maximum atomic E-state index is 12.6. The third-order valence-corrected chi connectivity index (χ3v) is 12.1. The molecule has 0 fully saturated rings. The molecule has 11 heteroatoms. The van der Waals surface area contributed by atoms with Gasteiger partial charge in [0.25, 0.3) is 23.6 Å². The highest BCUT2D eigenvalue weighted by atomic mass is 32.1. The van der Waals surface area contributed by atoms with Crippen LogP contribution in [0.3, 0.4) is 0 Å². The second kappa shape index (κ2) is 6.45. The van der Waals surface area contributed by atoms with Gasteiger partial charge in [0.05, 0.1) is 41.4 Å². The SMILES string of the molecule is CN1C(=O)c2csc(-c3cc4sc5cc(-c6scc7c6C(=O)N(C)C7=O)sc5c4s3)c2C1=O. The highest BCUT2D eigenvalue weighted by Gasteiger charge is 2.38. The van der Waals surface area contributed by atoms with Crippen molar-refractivity contribution in [3.8, 4) is 19.5 Å². The van der Waals surface area contributed by atoms with Crippen LogP contribution in [0.1, 0.15) is 41.4 Å². The van der Waals surface area contributed by atoms with E-state index in [2.05, 4.69) is 12.1 Å². The van der Waals surface area contributed by atoms with Gasteiger partial charge in [-0.3, -0.25) is 29.0 Å². The van der Waals surface area contributed by atoms with Gasteiger partial charge in [-0.25, -0.2) is 0 Å². The fourth-order valence-corrected chi connectivity index (χ4v) is 10.6. The number of fused-ring (bicyclic) bond motifs is 5. The summed E-state index contributed by atoms with van der Waals surface area (Å²) in [5.74, 6) is -0.990. The summed E-state index contributed by atoms with van der Waals surface area (Å²) in [7, 11) is 3.03. The first-order valence-corrected chi connectivity index (χ1v) is 13.9. The summed E-state index contributed by atoms with van der Waals surface area (Å²) in [6.45, 7) is 0. The molecule has 0 saturated carbocycles. The summed E-state index contributed by atoms with van der Waals surface area (Å²) in [5.41, 5.74) is 1.98. The zero-order valence-electron chi connectivity index (χ0n) is 16.9. The van der Waals surface area contributed by atoms with Crippen molar-refractivity contribution in [3.05, 3.63) is 45.1 Å². The monoisotopic (exact) mass is 526 g/mol. The first kappa shape index (κ1) is 19.7. The molecular formula is C22H10N2O4S5. The Balaban J connectivity index is 1.35. The highest BCUT2D eigenvalue weighted by Crippen LogP contribution is 2.51. The third-order valence-electron chi connectivity index (χ3n) is 5.96. The lowest BCUT2D eigenvalue weighted by Crippen LogP contribution is -2.24. The average molecular weight is 527 g/mol. The smallest absolute Gasteiger partial charge is 0.262 e. The van der Waals surface area contributed by atoms with Crippen molar-refractivity contribution in [2.24, 2.45) is 0 Å². The van der Waals surface area contributed by atoms with Crippen LogP contribution in [-0.2, 0) is 0 Å². The molecule has 0 saturated heterocycles. The zero-order valence-corrected chi connectivity index (χ0v) is 21.0. The Kier molecular flexibility index (Phi) is 3.86. The first-order valence-electron chi connectivity index (χ1n) is 9.69. The van der Waals surface area contributed by atoms with Crippen LogP contribution in [0.5, 0.6) is 0 Å². The molecule has 162 valence electrons. The van der Waals surface area contributed by atoms with Gasteiger partial charge < -0.3 is 0 Å². The Morgan fingerprint density at radius 3 is 1.45 bits per heavy atom. The second-order valence-electron chi connectivity index (χ2n) is 7.76. The molecule has 5 aromatic rings. The maximum Gasteiger partial charge on any atom is 0.262 e. The molecule has 0 bridgehead atoms. The molecule has 7 rings (SSSR count). The molecule has 0 aliphatic carbocycles. The fraction of sp³-hybridized carbons (Fsp3) is 0.0909. The number of imide groups is 2. The summed E-state index contributed by atoms with van der Waals surface area (Å²) in [6, 6.07) is 4.19. The van der Waals surface area contributed by atoms with E-state index in [4.69, 9.17) is 0 Å². The van der Waals surface area contributed by atoms with Gasteiger partial charge in [0.1, 0.15) is 0 Å². The first-order chi connectivity index (χ1) is 15.8. The van der Waals surface area contributed by atoms with Gasteiger partial charge in [-0.05, 0) is 12.1 Å². The van der Waals surface area contributed by atoms with Crippen LogP contribution in [0, 0.1) is 0 Å². The number of hydrogen-bond acceptors (Lipinski definition) is 9. The summed E-state index contributed by atoms with van der Waals surface area (Å²) in [5, 5.41) is 3.54. The number of nitrogens with zero attached hydrogens (tertiary/aromatic N) is 2. The third kappa shape index (κ3) is 2.40. The summed E-state index contributed by atoms with van der Waals surface area (Å²) < 4.78 is 4.55. The second-order valence-corrected chi connectivity index (χ2v) is 12.7. The molecule has 5 aromatic heterocycles. The number of amides is 4. The van der Waals surface area contributed by atoms with Gasteiger partial charge in [-0.1, -0.05) is 0 Å². The number of carbonyl (C=O) groups is 4. The van der Waals surface area contributed by atoms with E-state index in [1.54, 1.807) is 44.8 Å². The molecule has 0 atom stereocenters. The normalized spacial score (nSPS) is 15.7. The van der Waals surface area contributed by atoms with Crippen LogP contribution in [0.4, 0.5) is 0 Å². The zero-order chi connectivity index (χ0) is 22.8. The van der Waals surface area contributed by atoms with E-state index in [1.807, 2.05) is 0 Å². The molecule has 2 aliphatic heterocycles. The minimum atomic E-state index is -0.248. The Labute approximate surface area is 205 Å². The van der Waals surface area contributed by atoms with Crippen LogP contribution in [0.15, 0.2) is 22.9 Å². The largest absolute Gasteiger partial charge is 0.277 e. The standard InChI is InChI=1S/C22H10N2O4S5/c1-23-19(25)7-5-29-15(13(7)21(23)27)9-3-11-17(32-9)18-12(31-11)4-10(33-18)16-14-8(6-30-16)20(26)24(2)22(14)28/h3-6H,1-2H3. The van der Waals surface area contributed by atoms with Crippen LogP contribution in [0.2, 0.25) is 0 Å². The minimum Gasteiger partial charge on any atom is -0.277 e. The van der Waals surface area contributed by atoms with Crippen molar-refractivity contribution >= 4 is 99.1 Å². The minimum absolute atomic E-state index is 0.247. The fourth-order valence-electron chi connectivity index (χ4n) is 4.26. The van der Waals surface area contributed by atoms with Crippen LogP contribution >= 0.6 is 56.7 Å². The van der Waals surface area contributed by atoms with Crippen molar-refractivity contribution < 1.29 is 19.2 Å². The lowest BCUT2D eigenvalue weighted by Gasteiger charge is -2.04. The van der Waals surface area contributed by atoms with Gasteiger partial charge in [0.2, 0.25) is 0 Å². The maximum absolute atomic E-state index is 12.6. The molecule has 7 heterocycles. The summed E-state index contributed by atoms with van der Waals surface area (Å²) >= 11 is 7.79. The molecule has 0 N–H and O–H groups in total. The van der Waals surface area contributed by atoms with Gasteiger partial charge in [0, 0.05) is 44.0 Å². The van der Waals surface area contributed by atoms with E-state index in [0.29, 0.717) is 22.3 Å². The van der Waals surface area contributed by atoms with Gasteiger partial charge >= 0.3 is 0 Å². The molecule has 6 nitrogen and oxygen atoms in total. The Hall–Kier alpha value is -2.70. The molecule has 33 heavy (non-hydrogen) atoms. The number of hydrogen-bond donors (Lipinski definition) is 0. The van der Waals surface area contributed by atoms with E-state index in [1.165, 1.54) is 46.6 Å². The van der Waals surface area contributed by atoms with E-state index < -0.39 is 0 Å². The van der Waals surface area contributed by atoms with Crippen molar-refractivity contribution in [2.45, 2.75) is 0 Å². The molecule has 2 aliphatic rings. The van der Waals surface area contributed by atoms with Gasteiger partial charge in [-0.15, -0.1) is 56.7 Å². The Morgan fingerprint density at radius 2 is 1.03 bits per heavy atom.